The number of aromatic amines is 1. The van der Waals surface area contributed by atoms with Crippen LogP contribution in [-0.2, 0) is 0 Å². The molecule has 3 N–H and O–H groups in total. The molecule has 4 nitrogen and oxygen atoms in total. The van der Waals surface area contributed by atoms with Gasteiger partial charge in [0.1, 0.15) is 16.3 Å². The highest BCUT2D eigenvalue weighted by Gasteiger charge is 2.18. The maximum Gasteiger partial charge on any atom is 0.266 e. The van der Waals surface area contributed by atoms with Crippen molar-refractivity contribution in [3.8, 4) is 16.9 Å². The smallest absolute Gasteiger partial charge is 0.266 e. The van der Waals surface area contributed by atoms with Crippen LogP contribution in [0.4, 0.5) is 4.39 Å². The first kappa shape index (κ1) is 20.3. The number of benzene rings is 2. The largest absolute Gasteiger partial charge is 0.496 e. The number of ether oxygens (including phenoxy) is 1. The van der Waals surface area contributed by atoms with E-state index >= 15 is 0 Å². The number of aromatic nitrogens is 1. The number of methoxy groups -OCH3 is 1. The van der Waals surface area contributed by atoms with Gasteiger partial charge in [-0.2, -0.15) is 0 Å². The maximum absolute atomic E-state index is 14.8. The predicted molar refractivity (Wildman–Crippen MR) is 117 cm³/mol. The van der Waals surface area contributed by atoms with Crippen LogP contribution in [0.2, 0.25) is 0 Å². The quantitative estimate of drug-likeness (QED) is 0.487. The molecule has 2 aromatic heterocycles. The number of rotatable bonds is 4. The molecule has 0 aliphatic carbocycles. The molecule has 0 radical (unpaired) electrons. The average Bonchev–Trinajstić information content (AvgIpc) is 3.17. The van der Waals surface area contributed by atoms with Gasteiger partial charge < -0.3 is 15.5 Å². The second kappa shape index (κ2) is 7.91. The Kier molecular flexibility index (Phi) is 5.74. The van der Waals surface area contributed by atoms with Crippen molar-refractivity contribution in [1.29, 1.82) is 0 Å². The molecule has 28 heavy (non-hydrogen) atoms. The number of hydrogen-bond acceptors (Lipinski definition) is 4. The van der Waals surface area contributed by atoms with Gasteiger partial charge in [-0.25, -0.2) is 4.39 Å². The lowest BCUT2D eigenvalue weighted by Gasteiger charge is -2.16. The van der Waals surface area contributed by atoms with Gasteiger partial charge in [-0.3, -0.25) is 4.79 Å². The van der Waals surface area contributed by atoms with E-state index in [4.69, 9.17) is 10.5 Å². The molecular weight excluding hydrogens is 399 g/mol. The fourth-order valence-electron chi connectivity index (χ4n) is 3.49. The van der Waals surface area contributed by atoms with Crippen molar-refractivity contribution in [2.75, 3.05) is 13.7 Å². The highest BCUT2D eigenvalue weighted by Crippen LogP contribution is 2.40. The second-order valence-electron chi connectivity index (χ2n) is 6.56. The molecule has 1 unspecified atom stereocenters. The zero-order valence-corrected chi connectivity index (χ0v) is 17.0. The number of pyridine rings is 1. The standard InChI is InChI=1S/C21H19FN2O2S.ClH/c1-11(10-23)13-4-3-12(9-15(13)22)18-17(26-2)6-5-16-19(18)14-7-8-27-20(14)21(25)24-16;/h3-9,11H,10,23H2,1-2H3,(H,24,25);1H. The lowest BCUT2D eigenvalue weighted by Crippen LogP contribution is -2.10. The number of H-pyrrole nitrogens is 1. The van der Waals surface area contributed by atoms with Crippen LogP contribution in [-0.4, -0.2) is 18.6 Å². The van der Waals surface area contributed by atoms with E-state index < -0.39 is 0 Å². The van der Waals surface area contributed by atoms with E-state index in [1.54, 1.807) is 19.2 Å². The van der Waals surface area contributed by atoms with Gasteiger partial charge in [0.05, 0.1) is 7.11 Å². The van der Waals surface area contributed by atoms with E-state index in [0.717, 1.165) is 16.3 Å². The predicted octanol–water partition coefficient (Wildman–Crippen LogP) is 5.04. The number of nitrogens with one attached hydrogen (secondary N) is 1. The van der Waals surface area contributed by atoms with Crippen molar-refractivity contribution in [3.05, 3.63) is 63.5 Å². The van der Waals surface area contributed by atoms with Crippen LogP contribution in [0, 0.1) is 5.82 Å². The van der Waals surface area contributed by atoms with Crippen molar-refractivity contribution >= 4 is 44.7 Å². The Morgan fingerprint density at radius 1 is 1.25 bits per heavy atom. The monoisotopic (exact) mass is 418 g/mol. The van der Waals surface area contributed by atoms with Gasteiger partial charge >= 0.3 is 0 Å². The van der Waals surface area contributed by atoms with Crippen LogP contribution in [0.5, 0.6) is 5.75 Å². The van der Waals surface area contributed by atoms with Crippen LogP contribution < -0.4 is 16.0 Å². The third-order valence-electron chi connectivity index (χ3n) is 4.95. The molecule has 2 aromatic carbocycles. The lowest BCUT2D eigenvalue weighted by molar-refractivity contribution is 0.417. The van der Waals surface area contributed by atoms with Crippen LogP contribution in [0.3, 0.4) is 0 Å². The van der Waals surface area contributed by atoms with Gasteiger partial charge in [-0.05, 0) is 53.2 Å². The van der Waals surface area contributed by atoms with Crippen LogP contribution in [0.1, 0.15) is 18.4 Å². The molecule has 0 fully saturated rings. The Morgan fingerprint density at radius 2 is 2.04 bits per heavy atom. The van der Waals surface area contributed by atoms with Crippen molar-refractivity contribution in [2.45, 2.75) is 12.8 Å². The topological polar surface area (TPSA) is 68.1 Å². The molecule has 7 heteroatoms. The molecule has 4 aromatic rings. The number of hydrogen-bond donors (Lipinski definition) is 2. The summed E-state index contributed by atoms with van der Waals surface area (Å²) in [7, 11) is 1.59. The first-order chi connectivity index (χ1) is 13.0. The molecule has 0 spiro atoms. The SMILES string of the molecule is COc1ccc2[nH]c(=O)c3sccc3c2c1-c1ccc(C(C)CN)c(F)c1.Cl. The highest BCUT2D eigenvalue weighted by molar-refractivity contribution is 7.17. The van der Waals surface area contributed by atoms with Gasteiger partial charge in [-0.15, -0.1) is 23.7 Å². The zero-order valence-electron chi connectivity index (χ0n) is 15.4. The molecule has 146 valence electrons. The number of halogens is 2. The van der Waals surface area contributed by atoms with Crippen molar-refractivity contribution < 1.29 is 9.13 Å². The molecule has 1 atom stereocenters. The average molecular weight is 419 g/mol. The molecule has 0 aliphatic rings. The summed E-state index contributed by atoms with van der Waals surface area (Å²) in [6.45, 7) is 2.28. The van der Waals surface area contributed by atoms with Crippen molar-refractivity contribution in [2.24, 2.45) is 5.73 Å². The summed E-state index contributed by atoms with van der Waals surface area (Å²) in [5, 5.41) is 3.58. The van der Waals surface area contributed by atoms with Crippen LogP contribution in [0.15, 0.2) is 46.6 Å². The van der Waals surface area contributed by atoms with Gasteiger partial charge in [0, 0.05) is 21.9 Å². The van der Waals surface area contributed by atoms with Crippen molar-refractivity contribution in [3.63, 3.8) is 0 Å². The Balaban J connectivity index is 0.00000225. The van der Waals surface area contributed by atoms with E-state index in [1.165, 1.54) is 17.4 Å². The Labute approximate surface area is 171 Å². The first-order valence-corrected chi connectivity index (χ1v) is 9.53. The van der Waals surface area contributed by atoms with Crippen LogP contribution >= 0.6 is 23.7 Å². The van der Waals surface area contributed by atoms with Gasteiger partial charge in [-0.1, -0.05) is 19.1 Å². The molecule has 0 aliphatic heterocycles. The Morgan fingerprint density at radius 3 is 2.71 bits per heavy atom. The number of thiophene rings is 1. The molecule has 0 saturated heterocycles. The highest BCUT2D eigenvalue weighted by atomic mass is 35.5. The van der Waals surface area contributed by atoms with E-state index in [0.29, 0.717) is 33.6 Å². The van der Waals surface area contributed by atoms with E-state index in [9.17, 15) is 9.18 Å². The first-order valence-electron chi connectivity index (χ1n) is 8.65. The maximum atomic E-state index is 14.8. The lowest BCUT2D eigenvalue weighted by atomic mass is 9.93. The van der Waals surface area contributed by atoms with Gasteiger partial charge in [0.2, 0.25) is 0 Å². The molecule has 0 saturated carbocycles. The molecule has 0 amide bonds. The second-order valence-corrected chi connectivity index (χ2v) is 7.47. The molecule has 0 bridgehead atoms. The summed E-state index contributed by atoms with van der Waals surface area (Å²) in [4.78, 5) is 15.2. The summed E-state index contributed by atoms with van der Waals surface area (Å²) in [5.74, 6) is 0.268. The van der Waals surface area contributed by atoms with E-state index in [-0.39, 0.29) is 29.7 Å². The summed E-state index contributed by atoms with van der Waals surface area (Å²) < 4.78 is 21.0. The summed E-state index contributed by atoms with van der Waals surface area (Å²) >= 11 is 1.39. The normalized spacial score (nSPS) is 12.1. The number of nitrogens with two attached hydrogens (primary N) is 1. The molecular formula is C21H20ClFN2O2S. The summed E-state index contributed by atoms with van der Waals surface area (Å²) in [6.07, 6.45) is 0. The fourth-order valence-corrected chi connectivity index (χ4v) is 4.29. The minimum atomic E-state index is -0.296. The summed E-state index contributed by atoms with van der Waals surface area (Å²) in [6, 6.07) is 10.7. The third kappa shape index (κ3) is 3.17. The minimum Gasteiger partial charge on any atom is -0.496 e. The molecule has 4 rings (SSSR count). The van der Waals surface area contributed by atoms with E-state index in [2.05, 4.69) is 4.98 Å². The number of fused-ring (bicyclic) bond motifs is 3. The van der Waals surface area contributed by atoms with Crippen LogP contribution in [0.25, 0.3) is 32.1 Å². The molecule has 2 heterocycles. The fraction of sp³-hybridized carbons (Fsp3) is 0.190. The van der Waals surface area contributed by atoms with Gasteiger partial charge in [0.25, 0.3) is 5.56 Å². The minimum absolute atomic E-state index is 0. The Hall–Kier alpha value is -2.41. The van der Waals surface area contributed by atoms with Gasteiger partial charge in [0.15, 0.2) is 0 Å². The third-order valence-corrected chi connectivity index (χ3v) is 5.86. The van der Waals surface area contributed by atoms with E-state index in [1.807, 2.05) is 30.5 Å². The van der Waals surface area contributed by atoms with Crippen molar-refractivity contribution in [1.82, 2.24) is 4.98 Å². The summed E-state index contributed by atoms with van der Waals surface area (Å²) in [5.41, 5.74) is 8.31. The Bertz CT molecular complexity index is 1220. The zero-order chi connectivity index (χ0) is 19.1.